The van der Waals surface area contributed by atoms with Crippen molar-refractivity contribution >= 4 is 15.9 Å². The third kappa shape index (κ3) is 2.95. The molecule has 7 heteroatoms. The highest BCUT2D eigenvalue weighted by Gasteiger charge is 2.35. The number of nitrogens with zero attached hydrogens (tertiary/aromatic N) is 1. The van der Waals surface area contributed by atoms with Crippen molar-refractivity contribution in [2.45, 2.75) is 37.8 Å². The quantitative estimate of drug-likeness (QED) is 0.848. The van der Waals surface area contributed by atoms with Crippen LogP contribution in [0.4, 0.5) is 0 Å². The van der Waals surface area contributed by atoms with Crippen LogP contribution < -0.4 is 11.1 Å². The predicted octanol–water partition coefficient (Wildman–Crippen LogP) is 0.465. The molecule has 1 aliphatic rings. The van der Waals surface area contributed by atoms with Crippen molar-refractivity contribution in [3.05, 3.63) is 29.3 Å². The Balaban J connectivity index is 2.48. The molecule has 2 rings (SSSR count). The molecule has 1 saturated heterocycles. The maximum Gasteiger partial charge on any atom is 0.249 e. The minimum atomic E-state index is -3.65. The summed E-state index contributed by atoms with van der Waals surface area (Å²) in [6.07, 6.45) is 0. The first-order chi connectivity index (χ1) is 9.75. The van der Waals surface area contributed by atoms with Crippen LogP contribution in [0.2, 0.25) is 0 Å². The number of hydrogen-bond acceptors (Lipinski definition) is 4. The van der Waals surface area contributed by atoms with Gasteiger partial charge in [0.15, 0.2) is 0 Å². The average molecular weight is 311 g/mol. The van der Waals surface area contributed by atoms with Crippen molar-refractivity contribution in [1.29, 1.82) is 0 Å². The molecule has 1 heterocycles. The first-order valence-corrected chi connectivity index (χ1v) is 8.34. The van der Waals surface area contributed by atoms with E-state index in [1.54, 1.807) is 13.0 Å². The minimum Gasteiger partial charge on any atom is -0.366 e. The van der Waals surface area contributed by atoms with Gasteiger partial charge in [-0.3, -0.25) is 4.79 Å². The Morgan fingerprint density at radius 2 is 1.86 bits per heavy atom. The van der Waals surface area contributed by atoms with Crippen molar-refractivity contribution in [3.63, 3.8) is 0 Å². The third-order valence-electron chi connectivity index (χ3n) is 3.80. The number of aryl methyl sites for hydroxylation is 1. The molecule has 2 unspecified atom stereocenters. The molecule has 0 aliphatic carbocycles. The van der Waals surface area contributed by atoms with Crippen molar-refractivity contribution in [2.24, 2.45) is 5.73 Å². The average Bonchev–Trinajstić information content (AvgIpc) is 2.38. The Morgan fingerprint density at radius 1 is 1.29 bits per heavy atom. The second-order valence-corrected chi connectivity index (χ2v) is 7.38. The first kappa shape index (κ1) is 15.9. The number of piperazine rings is 1. The number of nitrogens with one attached hydrogen (secondary N) is 1. The molecule has 1 fully saturated rings. The van der Waals surface area contributed by atoms with Gasteiger partial charge in [-0.05, 0) is 38.5 Å². The first-order valence-electron chi connectivity index (χ1n) is 6.90. The van der Waals surface area contributed by atoms with Gasteiger partial charge in [0.2, 0.25) is 15.9 Å². The molecule has 3 N–H and O–H groups in total. The van der Waals surface area contributed by atoms with E-state index in [0.29, 0.717) is 18.7 Å². The van der Waals surface area contributed by atoms with Crippen LogP contribution in [-0.2, 0) is 10.0 Å². The van der Waals surface area contributed by atoms with E-state index in [2.05, 4.69) is 5.32 Å². The van der Waals surface area contributed by atoms with Gasteiger partial charge < -0.3 is 11.1 Å². The number of primary amides is 1. The van der Waals surface area contributed by atoms with Crippen LogP contribution in [-0.4, -0.2) is 43.8 Å². The van der Waals surface area contributed by atoms with Gasteiger partial charge >= 0.3 is 0 Å². The molecule has 0 radical (unpaired) electrons. The lowest BCUT2D eigenvalue weighted by molar-refractivity contribution is 0.0999. The van der Waals surface area contributed by atoms with Gasteiger partial charge in [-0.1, -0.05) is 6.07 Å². The molecule has 116 valence electrons. The number of carbonyl (C=O) groups is 1. The fraction of sp³-hybridized carbons (Fsp3) is 0.500. The van der Waals surface area contributed by atoms with Gasteiger partial charge in [0, 0.05) is 30.7 Å². The smallest absolute Gasteiger partial charge is 0.249 e. The lowest BCUT2D eigenvalue weighted by atomic mass is 10.1. The van der Waals surface area contributed by atoms with E-state index in [1.807, 2.05) is 13.8 Å². The molecule has 0 aromatic heterocycles. The number of rotatable bonds is 3. The fourth-order valence-corrected chi connectivity index (χ4v) is 4.58. The topological polar surface area (TPSA) is 92.5 Å². The molecule has 0 saturated carbocycles. The summed E-state index contributed by atoms with van der Waals surface area (Å²) in [5, 5.41) is 3.20. The van der Waals surface area contributed by atoms with Gasteiger partial charge in [-0.25, -0.2) is 8.42 Å². The van der Waals surface area contributed by atoms with Crippen molar-refractivity contribution in [2.75, 3.05) is 13.1 Å². The molecule has 1 amide bonds. The van der Waals surface area contributed by atoms with Crippen molar-refractivity contribution in [3.8, 4) is 0 Å². The summed E-state index contributed by atoms with van der Waals surface area (Å²) in [6.45, 7) is 6.68. The molecule has 1 aliphatic heterocycles. The lowest BCUT2D eigenvalue weighted by Gasteiger charge is -2.38. The minimum absolute atomic E-state index is 0.113. The highest BCUT2D eigenvalue weighted by Crippen LogP contribution is 2.24. The zero-order valence-electron chi connectivity index (χ0n) is 12.5. The van der Waals surface area contributed by atoms with Gasteiger partial charge in [0.1, 0.15) is 0 Å². The predicted molar refractivity (Wildman–Crippen MR) is 80.5 cm³/mol. The van der Waals surface area contributed by atoms with Crippen LogP contribution in [0.3, 0.4) is 0 Å². The number of amides is 1. The lowest BCUT2D eigenvalue weighted by Crippen LogP contribution is -2.57. The van der Waals surface area contributed by atoms with E-state index < -0.39 is 15.9 Å². The van der Waals surface area contributed by atoms with Crippen LogP contribution >= 0.6 is 0 Å². The molecule has 1 aromatic rings. The van der Waals surface area contributed by atoms with Gasteiger partial charge in [-0.15, -0.1) is 0 Å². The SMILES string of the molecule is Cc1ccc(S(=O)(=O)N2C(C)CNCC2C)cc1C(N)=O. The summed E-state index contributed by atoms with van der Waals surface area (Å²) in [4.78, 5) is 11.5. The van der Waals surface area contributed by atoms with Gasteiger partial charge in [0.05, 0.1) is 4.90 Å². The molecule has 0 bridgehead atoms. The summed E-state index contributed by atoms with van der Waals surface area (Å²) >= 11 is 0. The van der Waals surface area contributed by atoms with Gasteiger partial charge in [-0.2, -0.15) is 4.31 Å². The highest BCUT2D eigenvalue weighted by molar-refractivity contribution is 7.89. The molecule has 6 nitrogen and oxygen atoms in total. The molecular formula is C14H21N3O3S. The highest BCUT2D eigenvalue weighted by atomic mass is 32.2. The molecule has 21 heavy (non-hydrogen) atoms. The summed E-state index contributed by atoms with van der Waals surface area (Å²) in [7, 11) is -3.65. The second-order valence-electron chi connectivity index (χ2n) is 5.53. The van der Waals surface area contributed by atoms with Gasteiger partial charge in [0.25, 0.3) is 0 Å². The normalized spacial score (nSPS) is 24.0. The summed E-state index contributed by atoms with van der Waals surface area (Å²) in [5.41, 5.74) is 6.21. The van der Waals surface area contributed by atoms with Crippen molar-refractivity contribution in [1.82, 2.24) is 9.62 Å². The Morgan fingerprint density at radius 3 is 2.38 bits per heavy atom. The Bertz CT molecular complexity index is 647. The van der Waals surface area contributed by atoms with E-state index in [9.17, 15) is 13.2 Å². The summed E-state index contributed by atoms with van der Waals surface area (Å²) < 4.78 is 27.2. The largest absolute Gasteiger partial charge is 0.366 e. The standard InChI is InChI=1S/C14H21N3O3S/c1-9-4-5-12(6-13(9)14(15)18)21(19,20)17-10(2)7-16-8-11(17)3/h4-6,10-11,16H,7-8H2,1-3H3,(H2,15,18). The molecule has 2 atom stereocenters. The van der Waals surface area contributed by atoms with Crippen LogP contribution in [0.15, 0.2) is 23.1 Å². The Labute approximate surface area is 125 Å². The molecule has 0 spiro atoms. The summed E-state index contributed by atoms with van der Waals surface area (Å²) in [5.74, 6) is -0.619. The van der Waals surface area contributed by atoms with E-state index in [4.69, 9.17) is 5.73 Å². The third-order valence-corrected chi connectivity index (χ3v) is 5.92. The monoisotopic (exact) mass is 311 g/mol. The number of benzene rings is 1. The Hall–Kier alpha value is -1.44. The number of nitrogens with two attached hydrogens (primary N) is 1. The number of carbonyl (C=O) groups excluding carboxylic acids is 1. The number of sulfonamides is 1. The summed E-state index contributed by atoms with van der Waals surface area (Å²) in [6, 6.07) is 4.23. The van der Waals surface area contributed by atoms with Crippen LogP contribution in [0, 0.1) is 6.92 Å². The van der Waals surface area contributed by atoms with E-state index >= 15 is 0 Å². The van der Waals surface area contributed by atoms with E-state index in [0.717, 1.165) is 0 Å². The zero-order valence-corrected chi connectivity index (χ0v) is 13.3. The fourth-order valence-electron chi connectivity index (χ4n) is 2.74. The zero-order chi connectivity index (χ0) is 15.8. The maximum absolute atomic E-state index is 12.8. The van der Waals surface area contributed by atoms with Crippen LogP contribution in [0.1, 0.15) is 29.8 Å². The molecule has 1 aromatic carbocycles. The van der Waals surface area contributed by atoms with Crippen LogP contribution in [0.5, 0.6) is 0 Å². The molecular weight excluding hydrogens is 290 g/mol. The van der Waals surface area contributed by atoms with Crippen molar-refractivity contribution < 1.29 is 13.2 Å². The maximum atomic E-state index is 12.8. The van der Waals surface area contributed by atoms with E-state index in [-0.39, 0.29) is 22.5 Å². The van der Waals surface area contributed by atoms with Crippen LogP contribution in [0.25, 0.3) is 0 Å². The second kappa shape index (κ2) is 5.75. The Kier molecular flexibility index (Phi) is 4.36. The van der Waals surface area contributed by atoms with E-state index in [1.165, 1.54) is 16.4 Å². The number of hydrogen-bond donors (Lipinski definition) is 2.